The third-order valence-electron chi connectivity index (χ3n) is 4.84. The number of nitrogens with one attached hydrogen (secondary N) is 1. The maximum Gasteiger partial charge on any atom is 0.255 e. The number of hydrogen-bond acceptors (Lipinski definition) is 6. The van der Waals surface area contributed by atoms with Crippen LogP contribution in [-0.4, -0.2) is 42.2 Å². The summed E-state index contributed by atoms with van der Waals surface area (Å²) in [7, 11) is 4.93. The number of aromatic nitrogens is 2. The van der Waals surface area contributed by atoms with Crippen molar-refractivity contribution in [3.63, 3.8) is 0 Å². The Bertz CT molecular complexity index is 1160. The Hall–Kier alpha value is -4.27. The Balaban J connectivity index is 1.81. The molecule has 1 aromatic heterocycles. The lowest BCUT2D eigenvalue weighted by molar-refractivity contribution is -0.120. The Kier molecular flexibility index (Phi) is 7.69. The van der Waals surface area contributed by atoms with Gasteiger partial charge in [-0.15, -0.1) is 0 Å². The van der Waals surface area contributed by atoms with Gasteiger partial charge in [0.05, 0.1) is 14.2 Å². The third kappa shape index (κ3) is 5.91. The van der Waals surface area contributed by atoms with E-state index < -0.39 is 11.9 Å². The summed E-state index contributed by atoms with van der Waals surface area (Å²) in [5.74, 6) is 1.20. The van der Waals surface area contributed by atoms with Gasteiger partial charge in [-0.1, -0.05) is 24.3 Å². The maximum absolute atomic E-state index is 12.8. The van der Waals surface area contributed by atoms with Gasteiger partial charge in [0, 0.05) is 31.1 Å². The minimum Gasteiger partial charge on any atom is -0.496 e. The van der Waals surface area contributed by atoms with Crippen LogP contribution in [0.25, 0.3) is 6.08 Å². The summed E-state index contributed by atoms with van der Waals surface area (Å²) in [4.78, 5) is 28.2. The number of rotatable bonds is 10. The Labute approximate surface area is 191 Å². The number of methoxy groups -OCH3 is 2. The Morgan fingerprint density at radius 1 is 1.12 bits per heavy atom. The van der Waals surface area contributed by atoms with E-state index in [1.165, 1.54) is 13.2 Å². The predicted molar refractivity (Wildman–Crippen MR) is 123 cm³/mol. The number of primary amides is 1. The lowest BCUT2D eigenvalue weighted by Crippen LogP contribution is -2.30. The fourth-order valence-corrected chi connectivity index (χ4v) is 3.26. The van der Waals surface area contributed by atoms with E-state index in [0.717, 1.165) is 5.56 Å². The Morgan fingerprint density at radius 2 is 1.88 bits per heavy atom. The molecule has 0 spiro atoms. The van der Waals surface area contributed by atoms with Gasteiger partial charge in [-0.25, -0.2) is 4.98 Å². The summed E-state index contributed by atoms with van der Waals surface area (Å²) in [6.07, 6.45) is 6.55. The van der Waals surface area contributed by atoms with Crippen LogP contribution in [0.3, 0.4) is 0 Å². The van der Waals surface area contributed by atoms with Gasteiger partial charge in [-0.3, -0.25) is 9.59 Å². The smallest absolute Gasteiger partial charge is 0.255 e. The first kappa shape index (κ1) is 23.4. The van der Waals surface area contributed by atoms with Crippen molar-refractivity contribution in [1.29, 1.82) is 0 Å². The number of aryl methyl sites for hydroxylation is 1. The highest BCUT2D eigenvalue weighted by Gasteiger charge is 2.23. The van der Waals surface area contributed by atoms with Gasteiger partial charge in [0.1, 0.15) is 17.6 Å². The number of nitrogens with zero attached hydrogens (tertiary/aromatic N) is 2. The average molecular weight is 450 g/mol. The number of imidazole rings is 1. The van der Waals surface area contributed by atoms with E-state index in [1.807, 2.05) is 42.1 Å². The molecule has 3 rings (SSSR count). The lowest BCUT2D eigenvalue weighted by atomic mass is 10.0. The zero-order valence-corrected chi connectivity index (χ0v) is 18.6. The van der Waals surface area contributed by atoms with Crippen molar-refractivity contribution in [2.45, 2.75) is 6.04 Å². The highest BCUT2D eigenvalue weighted by Crippen LogP contribution is 2.30. The van der Waals surface area contributed by atoms with Crippen LogP contribution in [0.4, 0.5) is 0 Å². The van der Waals surface area contributed by atoms with E-state index in [2.05, 4.69) is 10.3 Å². The molecule has 9 heteroatoms. The molecule has 0 radical (unpaired) electrons. The standard InChI is InChI=1S/C24H26N4O5/c1-28-13-12-26-24(28)23(17-6-4-5-7-18(17)31-2)27-22(30)11-9-16-8-10-19(20(14-16)32-3)33-15-21(25)29/h4-14,23H,15H2,1-3H3,(H2,25,29)(H,27,30)/b11-9+. The molecule has 0 aliphatic heterocycles. The average Bonchev–Trinajstić information content (AvgIpc) is 3.25. The number of carbonyl (C=O) groups excluding carboxylic acids is 2. The summed E-state index contributed by atoms with van der Waals surface area (Å²) in [5, 5.41) is 3.00. The molecule has 3 aromatic rings. The molecule has 1 atom stereocenters. The van der Waals surface area contributed by atoms with E-state index in [4.69, 9.17) is 19.9 Å². The second-order valence-electron chi connectivity index (χ2n) is 7.08. The molecule has 9 nitrogen and oxygen atoms in total. The molecule has 172 valence electrons. The SMILES string of the molecule is COc1cc(/C=C/C(=O)NC(c2ccccc2OC)c2nccn2C)ccc1OCC(N)=O. The first-order valence-electron chi connectivity index (χ1n) is 10.1. The van der Waals surface area contributed by atoms with Gasteiger partial charge in [0.25, 0.3) is 5.91 Å². The van der Waals surface area contributed by atoms with Crippen molar-refractivity contribution in [1.82, 2.24) is 14.9 Å². The highest BCUT2D eigenvalue weighted by molar-refractivity contribution is 5.92. The zero-order valence-electron chi connectivity index (χ0n) is 18.6. The molecular formula is C24H26N4O5. The van der Waals surface area contributed by atoms with Crippen LogP contribution >= 0.6 is 0 Å². The van der Waals surface area contributed by atoms with Gasteiger partial charge >= 0.3 is 0 Å². The molecule has 0 aliphatic carbocycles. The molecule has 2 aromatic carbocycles. The van der Waals surface area contributed by atoms with Crippen molar-refractivity contribution < 1.29 is 23.8 Å². The molecule has 0 fully saturated rings. The van der Waals surface area contributed by atoms with E-state index in [0.29, 0.717) is 28.6 Å². The van der Waals surface area contributed by atoms with Crippen molar-refractivity contribution in [2.24, 2.45) is 12.8 Å². The van der Waals surface area contributed by atoms with Crippen LogP contribution in [0.5, 0.6) is 17.2 Å². The van der Waals surface area contributed by atoms with Gasteiger partial charge in [0.15, 0.2) is 18.1 Å². The van der Waals surface area contributed by atoms with Crippen LogP contribution < -0.4 is 25.3 Å². The first-order chi connectivity index (χ1) is 15.9. The van der Waals surface area contributed by atoms with E-state index >= 15 is 0 Å². The largest absolute Gasteiger partial charge is 0.496 e. The lowest BCUT2D eigenvalue weighted by Gasteiger charge is -2.20. The number of para-hydroxylation sites is 1. The van der Waals surface area contributed by atoms with Gasteiger partial charge < -0.3 is 29.8 Å². The van der Waals surface area contributed by atoms with Gasteiger partial charge in [0.2, 0.25) is 5.91 Å². The molecule has 1 unspecified atom stereocenters. The number of hydrogen-bond donors (Lipinski definition) is 2. The van der Waals surface area contributed by atoms with Crippen LogP contribution in [-0.2, 0) is 16.6 Å². The van der Waals surface area contributed by atoms with Crippen molar-refractivity contribution in [3.05, 3.63) is 77.9 Å². The third-order valence-corrected chi connectivity index (χ3v) is 4.84. The molecule has 0 saturated heterocycles. The van der Waals surface area contributed by atoms with Gasteiger partial charge in [-0.05, 0) is 29.8 Å². The van der Waals surface area contributed by atoms with E-state index in [9.17, 15) is 9.59 Å². The van der Waals surface area contributed by atoms with Gasteiger partial charge in [-0.2, -0.15) is 0 Å². The van der Waals surface area contributed by atoms with Crippen molar-refractivity contribution >= 4 is 17.9 Å². The maximum atomic E-state index is 12.8. The monoisotopic (exact) mass is 450 g/mol. The van der Waals surface area contributed by atoms with Crippen LogP contribution in [0, 0.1) is 0 Å². The summed E-state index contributed by atoms with van der Waals surface area (Å²) in [6, 6.07) is 12.0. The summed E-state index contributed by atoms with van der Waals surface area (Å²) < 4.78 is 18.0. The van der Waals surface area contributed by atoms with Crippen LogP contribution in [0.15, 0.2) is 60.9 Å². The molecular weight excluding hydrogens is 424 g/mol. The normalized spacial score (nSPS) is 11.7. The second kappa shape index (κ2) is 10.9. The van der Waals surface area contributed by atoms with Crippen molar-refractivity contribution in [2.75, 3.05) is 20.8 Å². The zero-order chi connectivity index (χ0) is 23.8. The Morgan fingerprint density at radius 3 is 2.55 bits per heavy atom. The second-order valence-corrected chi connectivity index (χ2v) is 7.08. The molecule has 0 saturated carbocycles. The number of amides is 2. The topological polar surface area (TPSA) is 118 Å². The minimum absolute atomic E-state index is 0.258. The highest BCUT2D eigenvalue weighted by atomic mass is 16.5. The van der Waals surface area contributed by atoms with Crippen LogP contribution in [0.2, 0.25) is 0 Å². The first-order valence-corrected chi connectivity index (χ1v) is 10.1. The fraction of sp³-hybridized carbons (Fsp3) is 0.208. The fourth-order valence-electron chi connectivity index (χ4n) is 3.26. The summed E-state index contributed by atoms with van der Waals surface area (Å²) >= 11 is 0. The quantitative estimate of drug-likeness (QED) is 0.458. The summed E-state index contributed by atoms with van der Waals surface area (Å²) in [6.45, 7) is -0.258. The molecule has 0 bridgehead atoms. The molecule has 3 N–H and O–H groups in total. The molecule has 33 heavy (non-hydrogen) atoms. The number of nitrogens with two attached hydrogens (primary N) is 1. The van der Waals surface area contributed by atoms with E-state index in [-0.39, 0.29) is 12.5 Å². The summed E-state index contributed by atoms with van der Waals surface area (Å²) in [5.41, 5.74) is 6.61. The molecule has 0 aliphatic rings. The molecule has 1 heterocycles. The number of ether oxygens (including phenoxy) is 3. The van der Waals surface area contributed by atoms with Crippen LogP contribution in [0.1, 0.15) is 23.0 Å². The molecule has 2 amide bonds. The minimum atomic E-state index is -0.588. The number of benzene rings is 2. The van der Waals surface area contributed by atoms with Crippen molar-refractivity contribution in [3.8, 4) is 17.2 Å². The van der Waals surface area contributed by atoms with E-state index in [1.54, 1.807) is 37.6 Å². The predicted octanol–water partition coefficient (Wildman–Crippen LogP) is 2.22. The number of carbonyl (C=O) groups is 2.